The molecule has 9 nitrogen and oxygen atoms in total. The number of fused-ring (bicyclic) bond motifs is 1. The third-order valence-corrected chi connectivity index (χ3v) is 7.89. The lowest BCUT2D eigenvalue weighted by atomic mass is 9.53. The highest BCUT2D eigenvalue weighted by Crippen LogP contribution is 2.55. The normalized spacial score (nSPS) is 27.1. The Hall–Kier alpha value is -3.49. The predicted octanol–water partition coefficient (Wildman–Crippen LogP) is 2.92. The summed E-state index contributed by atoms with van der Waals surface area (Å²) in [7, 11) is 1.97. The van der Waals surface area contributed by atoms with Crippen LogP contribution in [-0.2, 0) is 6.54 Å². The van der Waals surface area contributed by atoms with E-state index in [0.29, 0.717) is 23.3 Å². The highest BCUT2D eigenvalue weighted by molar-refractivity contribution is 5.95. The molecule has 0 unspecified atom stereocenters. The molecule has 0 atom stereocenters. The summed E-state index contributed by atoms with van der Waals surface area (Å²) in [5.41, 5.74) is 14.8. The van der Waals surface area contributed by atoms with Crippen molar-refractivity contribution in [3.63, 3.8) is 0 Å². The topological polar surface area (TPSA) is 136 Å². The molecule has 1 amide bonds. The second kappa shape index (κ2) is 7.78. The van der Waals surface area contributed by atoms with Crippen molar-refractivity contribution < 1.29 is 4.79 Å². The standard InChI is InChI=1S/C25H30N8O/c1-33(13-18-12-28-22-20(29-18)21(26)30-24(27)31-22)19-4-2-17(3-5-19)23(34)32-25-9-14-6-15(10-25)8-16(7-14)11-25/h2-5,12,14-16H,6-11,13H2,1H3,(H,32,34)(H4,26,27,28,30,31). The Kier molecular flexibility index (Phi) is 4.82. The molecule has 2 aromatic heterocycles. The molecule has 0 aliphatic heterocycles. The Morgan fingerprint density at radius 3 is 2.32 bits per heavy atom. The molecule has 4 fully saturated rings. The van der Waals surface area contributed by atoms with E-state index in [1.807, 2.05) is 36.2 Å². The number of carbonyl (C=O) groups is 1. The Morgan fingerprint density at radius 2 is 1.68 bits per heavy atom. The van der Waals surface area contributed by atoms with E-state index in [1.54, 1.807) is 6.20 Å². The van der Waals surface area contributed by atoms with Crippen LogP contribution in [0.2, 0.25) is 0 Å². The molecule has 4 aliphatic carbocycles. The van der Waals surface area contributed by atoms with Crippen molar-refractivity contribution in [1.82, 2.24) is 25.3 Å². The number of rotatable bonds is 5. The van der Waals surface area contributed by atoms with Crippen LogP contribution in [0.15, 0.2) is 30.5 Å². The number of nitrogen functional groups attached to an aromatic ring is 2. The average Bonchev–Trinajstić information content (AvgIpc) is 2.78. The van der Waals surface area contributed by atoms with Gasteiger partial charge in [0, 0.05) is 23.8 Å². The van der Waals surface area contributed by atoms with Gasteiger partial charge in [-0.1, -0.05) is 0 Å². The molecular formula is C25H30N8O. The van der Waals surface area contributed by atoms with Gasteiger partial charge in [0.1, 0.15) is 0 Å². The minimum absolute atomic E-state index is 0.0201. The molecule has 3 aromatic rings. The van der Waals surface area contributed by atoms with Crippen LogP contribution in [0.3, 0.4) is 0 Å². The van der Waals surface area contributed by atoms with Gasteiger partial charge in [0.25, 0.3) is 5.91 Å². The first-order chi connectivity index (χ1) is 16.4. The highest BCUT2D eigenvalue weighted by atomic mass is 16.1. The van der Waals surface area contributed by atoms with Crippen LogP contribution in [-0.4, -0.2) is 38.4 Å². The minimum Gasteiger partial charge on any atom is -0.382 e. The largest absolute Gasteiger partial charge is 0.382 e. The Labute approximate surface area is 198 Å². The monoisotopic (exact) mass is 458 g/mol. The maximum Gasteiger partial charge on any atom is 0.251 e. The summed E-state index contributed by atoms with van der Waals surface area (Å²) in [5.74, 6) is 2.76. The molecule has 0 saturated heterocycles. The summed E-state index contributed by atoms with van der Waals surface area (Å²) in [6.45, 7) is 0.519. The summed E-state index contributed by atoms with van der Waals surface area (Å²) >= 11 is 0. The van der Waals surface area contributed by atoms with Crippen molar-refractivity contribution in [3.05, 3.63) is 41.7 Å². The van der Waals surface area contributed by atoms with Crippen LogP contribution in [0.1, 0.15) is 54.6 Å². The van der Waals surface area contributed by atoms with Gasteiger partial charge in [0.15, 0.2) is 17.0 Å². The van der Waals surface area contributed by atoms with Crippen molar-refractivity contribution in [2.24, 2.45) is 17.8 Å². The van der Waals surface area contributed by atoms with E-state index in [4.69, 9.17) is 11.5 Å². The molecule has 4 saturated carbocycles. The number of aromatic nitrogens is 4. The number of benzene rings is 1. The minimum atomic E-state index is 0.0201. The Morgan fingerprint density at radius 1 is 1.03 bits per heavy atom. The van der Waals surface area contributed by atoms with Crippen LogP contribution in [0.4, 0.5) is 17.5 Å². The van der Waals surface area contributed by atoms with Gasteiger partial charge in [0.05, 0.1) is 18.4 Å². The van der Waals surface area contributed by atoms with Crippen LogP contribution in [0.5, 0.6) is 0 Å². The zero-order chi connectivity index (χ0) is 23.4. The van der Waals surface area contributed by atoms with Crippen molar-refractivity contribution in [3.8, 4) is 0 Å². The number of amides is 1. The van der Waals surface area contributed by atoms with Crippen LogP contribution in [0, 0.1) is 17.8 Å². The quantitative estimate of drug-likeness (QED) is 0.531. The molecule has 9 heteroatoms. The molecule has 0 spiro atoms. The van der Waals surface area contributed by atoms with Gasteiger partial charge >= 0.3 is 0 Å². The second-order valence-corrected chi connectivity index (χ2v) is 10.6. The van der Waals surface area contributed by atoms with Gasteiger partial charge in [0.2, 0.25) is 5.95 Å². The first-order valence-electron chi connectivity index (χ1n) is 12.0. The van der Waals surface area contributed by atoms with Crippen LogP contribution >= 0.6 is 0 Å². The van der Waals surface area contributed by atoms with Gasteiger partial charge in [-0.3, -0.25) is 4.79 Å². The van der Waals surface area contributed by atoms with E-state index in [1.165, 1.54) is 19.3 Å². The Bertz CT molecular complexity index is 1220. The molecular weight excluding hydrogens is 428 g/mol. The molecule has 4 aliphatic rings. The SMILES string of the molecule is CN(Cc1cnc2nc(N)nc(N)c2n1)c1ccc(C(=O)NC23CC4CC(CC(C4)C2)C3)cc1. The first-order valence-corrected chi connectivity index (χ1v) is 12.0. The Balaban J connectivity index is 1.14. The molecule has 1 aromatic carbocycles. The summed E-state index contributed by atoms with van der Waals surface area (Å²) in [6.07, 6.45) is 9.22. The number of nitrogens with zero attached hydrogens (tertiary/aromatic N) is 5. The molecule has 4 bridgehead atoms. The molecule has 0 radical (unpaired) electrons. The van der Waals surface area contributed by atoms with Crippen molar-refractivity contribution in [1.29, 1.82) is 0 Å². The van der Waals surface area contributed by atoms with E-state index < -0.39 is 0 Å². The molecule has 2 heterocycles. The summed E-state index contributed by atoms with van der Waals surface area (Å²) in [6, 6.07) is 7.76. The zero-order valence-electron chi connectivity index (χ0n) is 19.4. The molecule has 176 valence electrons. The smallest absolute Gasteiger partial charge is 0.251 e. The van der Waals surface area contributed by atoms with Crippen LogP contribution < -0.4 is 21.7 Å². The van der Waals surface area contributed by atoms with Gasteiger partial charge < -0.3 is 21.7 Å². The van der Waals surface area contributed by atoms with E-state index >= 15 is 0 Å². The summed E-state index contributed by atoms with van der Waals surface area (Å²) < 4.78 is 0. The fraction of sp³-hybridized carbons (Fsp3) is 0.480. The number of carbonyl (C=O) groups excluding carboxylic acids is 1. The lowest BCUT2D eigenvalue weighted by molar-refractivity contribution is -0.0167. The first kappa shape index (κ1) is 21.1. The second-order valence-electron chi connectivity index (χ2n) is 10.6. The number of hydrogen-bond acceptors (Lipinski definition) is 8. The molecule has 34 heavy (non-hydrogen) atoms. The van der Waals surface area contributed by atoms with E-state index in [-0.39, 0.29) is 23.2 Å². The average molecular weight is 459 g/mol. The van der Waals surface area contributed by atoms with Crippen LogP contribution in [0.25, 0.3) is 11.2 Å². The fourth-order valence-electron chi connectivity index (χ4n) is 6.84. The van der Waals surface area contributed by atoms with E-state index in [9.17, 15) is 4.79 Å². The van der Waals surface area contributed by atoms with Gasteiger partial charge in [-0.2, -0.15) is 9.97 Å². The van der Waals surface area contributed by atoms with Gasteiger partial charge in [-0.25, -0.2) is 9.97 Å². The van der Waals surface area contributed by atoms with Gasteiger partial charge in [-0.05, 0) is 80.5 Å². The third-order valence-electron chi connectivity index (χ3n) is 7.89. The van der Waals surface area contributed by atoms with E-state index in [2.05, 4.69) is 25.3 Å². The molecule has 7 rings (SSSR count). The molecule has 5 N–H and O–H groups in total. The number of anilines is 3. The lowest BCUT2D eigenvalue weighted by Gasteiger charge is -2.56. The van der Waals surface area contributed by atoms with Crippen molar-refractivity contribution in [2.75, 3.05) is 23.4 Å². The van der Waals surface area contributed by atoms with Gasteiger partial charge in [-0.15, -0.1) is 0 Å². The maximum atomic E-state index is 13.1. The number of hydrogen-bond donors (Lipinski definition) is 3. The third kappa shape index (κ3) is 3.78. The van der Waals surface area contributed by atoms with E-state index in [0.717, 1.165) is 48.4 Å². The zero-order valence-corrected chi connectivity index (χ0v) is 19.4. The lowest BCUT2D eigenvalue weighted by Crippen LogP contribution is -2.59. The van der Waals surface area contributed by atoms with Crippen molar-refractivity contribution >= 4 is 34.5 Å². The number of nitrogens with two attached hydrogens (primary N) is 2. The summed E-state index contributed by atoms with van der Waals surface area (Å²) in [4.78, 5) is 32.1. The van der Waals surface area contributed by atoms with Crippen molar-refractivity contribution in [2.45, 2.75) is 50.6 Å². The maximum absolute atomic E-state index is 13.1. The number of nitrogens with one attached hydrogen (secondary N) is 1. The fourth-order valence-corrected chi connectivity index (χ4v) is 6.84. The summed E-state index contributed by atoms with van der Waals surface area (Å²) in [5, 5.41) is 3.45. The predicted molar refractivity (Wildman–Crippen MR) is 131 cm³/mol. The highest BCUT2D eigenvalue weighted by Gasteiger charge is 2.51.